The first-order valence-corrected chi connectivity index (χ1v) is 9.17. The van der Waals surface area contributed by atoms with Gasteiger partial charge >= 0.3 is 0 Å². The number of rotatable bonds is 0. The predicted octanol–water partition coefficient (Wildman–Crippen LogP) is 4.12. The molecule has 0 aromatic rings. The molecule has 0 radical (unpaired) electrons. The van der Waals surface area contributed by atoms with E-state index in [9.17, 15) is 9.90 Å². The molecule has 0 aromatic carbocycles. The zero-order valence-electron chi connectivity index (χ0n) is 13.6. The maximum Gasteiger partial charge on any atom is 0.156 e. The summed E-state index contributed by atoms with van der Waals surface area (Å²) in [6.45, 7) is 2.21. The van der Waals surface area contributed by atoms with Gasteiger partial charge in [0.25, 0.3) is 0 Å². The molecule has 0 bridgehead atoms. The Labute approximate surface area is 143 Å². The Kier molecular flexibility index (Phi) is 3.52. The van der Waals surface area contributed by atoms with E-state index in [0.29, 0.717) is 18.3 Å². The number of hydrogen-bond acceptors (Lipinski definition) is 2. The molecule has 3 unspecified atom stereocenters. The average molecular weight is 331 g/mol. The van der Waals surface area contributed by atoms with Gasteiger partial charge in [0, 0.05) is 17.2 Å². The Morgan fingerprint density at radius 1 is 1.22 bits per heavy atom. The first-order valence-electron chi connectivity index (χ1n) is 8.79. The molecular formula is C20H23ClO2. The summed E-state index contributed by atoms with van der Waals surface area (Å²) in [7, 11) is 0. The number of aliphatic hydroxyl groups is 1. The molecule has 2 saturated carbocycles. The van der Waals surface area contributed by atoms with Crippen LogP contribution in [0.5, 0.6) is 0 Å². The van der Waals surface area contributed by atoms with Crippen LogP contribution in [0.3, 0.4) is 0 Å². The molecule has 3 heteroatoms. The van der Waals surface area contributed by atoms with Crippen LogP contribution in [0.2, 0.25) is 0 Å². The highest BCUT2D eigenvalue weighted by atomic mass is 35.5. The van der Waals surface area contributed by atoms with Crippen LogP contribution in [0, 0.1) is 28.6 Å². The molecule has 2 fully saturated rings. The first-order chi connectivity index (χ1) is 11.0. The molecule has 0 aliphatic heterocycles. The zero-order valence-corrected chi connectivity index (χ0v) is 14.4. The maximum atomic E-state index is 11.7. The number of carbonyl (C=O) groups is 1. The molecule has 0 spiro atoms. The van der Waals surface area contributed by atoms with Crippen molar-refractivity contribution in [2.45, 2.75) is 63.9 Å². The van der Waals surface area contributed by atoms with Crippen molar-refractivity contribution >= 4 is 17.4 Å². The van der Waals surface area contributed by atoms with E-state index in [-0.39, 0.29) is 11.2 Å². The summed E-state index contributed by atoms with van der Waals surface area (Å²) in [5.41, 5.74) is 3.26. The highest BCUT2D eigenvalue weighted by Crippen LogP contribution is 2.63. The molecular weight excluding hydrogens is 308 g/mol. The predicted molar refractivity (Wildman–Crippen MR) is 90.7 cm³/mol. The van der Waals surface area contributed by atoms with Gasteiger partial charge in [-0.3, -0.25) is 4.79 Å². The summed E-state index contributed by atoms with van der Waals surface area (Å²) < 4.78 is 0. The minimum Gasteiger partial charge on any atom is -0.377 e. The van der Waals surface area contributed by atoms with E-state index in [0.717, 1.165) is 44.9 Å². The van der Waals surface area contributed by atoms with Crippen LogP contribution >= 0.6 is 11.6 Å². The van der Waals surface area contributed by atoms with Crippen molar-refractivity contribution in [2.24, 2.45) is 17.3 Å². The van der Waals surface area contributed by atoms with Crippen molar-refractivity contribution in [3.05, 3.63) is 22.8 Å². The lowest BCUT2D eigenvalue weighted by atomic mass is 9.55. The summed E-state index contributed by atoms with van der Waals surface area (Å²) in [4.78, 5) is 11.7. The van der Waals surface area contributed by atoms with Gasteiger partial charge in [-0.15, -0.1) is 0 Å². The van der Waals surface area contributed by atoms with Gasteiger partial charge in [-0.25, -0.2) is 0 Å². The Morgan fingerprint density at radius 3 is 2.83 bits per heavy atom. The van der Waals surface area contributed by atoms with Gasteiger partial charge in [-0.05, 0) is 85.6 Å². The summed E-state index contributed by atoms with van der Waals surface area (Å²) in [5, 5.41) is 13.5. The van der Waals surface area contributed by atoms with Crippen LogP contribution in [-0.4, -0.2) is 16.5 Å². The number of carbonyl (C=O) groups excluding carboxylic acids is 1. The van der Waals surface area contributed by atoms with Crippen molar-refractivity contribution in [3.63, 3.8) is 0 Å². The van der Waals surface area contributed by atoms with Crippen molar-refractivity contribution in [2.75, 3.05) is 0 Å². The number of hydrogen-bond donors (Lipinski definition) is 1. The largest absolute Gasteiger partial charge is 0.377 e. The minimum absolute atomic E-state index is 0.157. The standard InChI is InChI=1S/C20H23ClO2/c1-19-8-6-16-15-5-3-14(22)12-13(15)2-4-17(16)18(19)7-9-20(19,23)10-11-21/h12,17-18,23H,2-9H2,1H3/t17?,18?,19?,20-/m1/s1. The molecule has 4 rings (SSSR count). The number of allylic oxidation sites excluding steroid dienone is 4. The lowest BCUT2D eigenvalue weighted by molar-refractivity contribution is -0.114. The number of fused-ring (bicyclic) bond motifs is 4. The quantitative estimate of drug-likeness (QED) is 0.678. The van der Waals surface area contributed by atoms with Crippen molar-refractivity contribution in [3.8, 4) is 11.3 Å². The average Bonchev–Trinajstić information content (AvgIpc) is 2.79. The van der Waals surface area contributed by atoms with Crippen LogP contribution < -0.4 is 0 Å². The van der Waals surface area contributed by atoms with E-state index in [2.05, 4.69) is 18.2 Å². The van der Waals surface area contributed by atoms with Gasteiger partial charge in [0.05, 0.1) is 0 Å². The highest BCUT2D eigenvalue weighted by molar-refractivity contribution is 6.30. The summed E-state index contributed by atoms with van der Waals surface area (Å²) in [6.07, 6.45) is 9.36. The van der Waals surface area contributed by atoms with Crippen LogP contribution in [0.25, 0.3) is 0 Å². The second-order valence-electron chi connectivity index (χ2n) is 7.93. The van der Waals surface area contributed by atoms with E-state index in [1.807, 2.05) is 6.08 Å². The molecule has 2 nitrogen and oxygen atoms in total. The fourth-order valence-corrected chi connectivity index (χ4v) is 5.99. The fraction of sp³-hybridized carbons (Fsp3) is 0.650. The summed E-state index contributed by atoms with van der Waals surface area (Å²) in [6, 6.07) is 0. The fourth-order valence-electron chi connectivity index (χ4n) is 5.83. The van der Waals surface area contributed by atoms with E-state index in [1.54, 1.807) is 5.57 Å². The molecule has 0 aromatic heterocycles. The second-order valence-corrected chi connectivity index (χ2v) is 8.12. The second kappa shape index (κ2) is 5.23. The van der Waals surface area contributed by atoms with E-state index >= 15 is 0 Å². The molecule has 1 N–H and O–H groups in total. The molecule has 4 aliphatic rings. The lowest BCUT2D eigenvalue weighted by Gasteiger charge is -2.50. The molecule has 0 heterocycles. The Bertz CT molecular complexity index is 692. The molecule has 23 heavy (non-hydrogen) atoms. The van der Waals surface area contributed by atoms with Gasteiger partial charge in [0.2, 0.25) is 0 Å². The summed E-state index contributed by atoms with van der Waals surface area (Å²) in [5.74, 6) is 4.25. The van der Waals surface area contributed by atoms with E-state index < -0.39 is 5.60 Å². The van der Waals surface area contributed by atoms with Gasteiger partial charge in [0.15, 0.2) is 5.78 Å². The monoisotopic (exact) mass is 330 g/mol. The maximum absolute atomic E-state index is 11.7. The molecule has 0 amide bonds. The topological polar surface area (TPSA) is 37.3 Å². The Balaban J connectivity index is 1.74. The normalized spacial score (nSPS) is 42.2. The molecule has 4 aliphatic carbocycles. The van der Waals surface area contributed by atoms with Crippen LogP contribution in [0.1, 0.15) is 58.3 Å². The van der Waals surface area contributed by atoms with Crippen LogP contribution in [0.4, 0.5) is 0 Å². The Hall–Kier alpha value is -1.04. The minimum atomic E-state index is -0.936. The van der Waals surface area contributed by atoms with Crippen LogP contribution in [-0.2, 0) is 4.79 Å². The third kappa shape index (κ3) is 2.10. The van der Waals surface area contributed by atoms with Gasteiger partial charge < -0.3 is 5.11 Å². The smallest absolute Gasteiger partial charge is 0.156 e. The van der Waals surface area contributed by atoms with Crippen molar-refractivity contribution in [1.29, 1.82) is 0 Å². The SMILES string of the molecule is CC12CCC3=C4CCC(=O)C=C4CCC3C1CC[C@@]2(O)C#CCl. The Morgan fingerprint density at radius 2 is 2.04 bits per heavy atom. The third-order valence-electron chi connectivity index (χ3n) is 7.14. The van der Waals surface area contributed by atoms with Gasteiger partial charge in [-0.1, -0.05) is 18.4 Å². The molecule has 122 valence electrons. The zero-order chi connectivity index (χ0) is 16.2. The van der Waals surface area contributed by atoms with Crippen molar-refractivity contribution < 1.29 is 9.90 Å². The number of halogens is 1. The number of ketones is 1. The highest BCUT2D eigenvalue weighted by Gasteiger charge is 2.60. The molecule has 4 atom stereocenters. The van der Waals surface area contributed by atoms with Gasteiger partial charge in [-0.2, -0.15) is 0 Å². The van der Waals surface area contributed by atoms with E-state index in [1.165, 1.54) is 11.1 Å². The van der Waals surface area contributed by atoms with Crippen LogP contribution in [0.15, 0.2) is 22.8 Å². The third-order valence-corrected chi connectivity index (χ3v) is 7.23. The summed E-state index contributed by atoms with van der Waals surface area (Å²) >= 11 is 5.64. The van der Waals surface area contributed by atoms with E-state index in [4.69, 9.17) is 11.6 Å². The van der Waals surface area contributed by atoms with Gasteiger partial charge in [0.1, 0.15) is 5.60 Å². The lowest BCUT2D eigenvalue weighted by Crippen LogP contribution is -2.49. The van der Waals surface area contributed by atoms with Crippen molar-refractivity contribution in [1.82, 2.24) is 0 Å². The first kappa shape index (κ1) is 15.5. The molecule has 0 saturated heterocycles.